The van der Waals surface area contributed by atoms with E-state index in [2.05, 4.69) is 15.6 Å². The lowest BCUT2D eigenvalue weighted by molar-refractivity contribution is 0.464. The number of aryl methyl sites for hydroxylation is 1. The van der Waals surface area contributed by atoms with Gasteiger partial charge in [0.2, 0.25) is 0 Å². The van der Waals surface area contributed by atoms with Crippen LogP contribution in [0.5, 0.6) is 5.75 Å². The third-order valence-corrected chi connectivity index (χ3v) is 4.74. The van der Waals surface area contributed by atoms with Crippen molar-refractivity contribution in [3.63, 3.8) is 0 Å². The Kier molecular flexibility index (Phi) is 5.71. The Balaban J connectivity index is 1.66. The second-order valence-electron chi connectivity index (χ2n) is 6.42. The maximum absolute atomic E-state index is 13.7. The number of aromatic hydroxyl groups is 1. The highest BCUT2D eigenvalue weighted by molar-refractivity contribution is 5.79. The van der Waals surface area contributed by atoms with Crippen LogP contribution in [-0.4, -0.2) is 18.1 Å². The molecule has 0 radical (unpaired) electrons. The van der Waals surface area contributed by atoms with Gasteiger partial charge in [0.25, 0.3) is 0 Å². The van der Waals surface area contributed by atoms with Crippen LogP contribution in [0.15, 0.2) is 35.3 Å². The number of nitrogens with one attached hydrogen (secondary N) is 2. The zero-order valence-corrected chi connectivity index (χ0v) is 14.8. The second-order valence-corrected chi connectivity index (χ2v) is 6.42. The maximum Gasteiger partial charge on any atom is 0.191 e. The number of rotatable bonds is 4. The average Bonchev–Trinajstić information content (AvgIpc) is 2.65. The van der Waals surface area contributed by atoms with E-state index in [1.165, 1.54) is 17.5 Å². The molecule has 0 bridgehead atoms. The number of halogens is 2. The van der Waals surface area contributed by atoms with Gasteiger partial charge in [-0.25, -0.2) is 8.78 Å². The van der Waals surface area contributed by atoms with E-state index < -0.39 is 11.6 Å². The number of fused-ring (bicyclic) bond motifs is 1. The number of phenolic OH excluding ortho intramolecular Hbond substituents is 1. The standard InChI is InChI=1S/C20H23F2N3O/c1-23-20(24-11-14-10-15(21)7-8-18(14)22)25-12-17-16-5-3-2-4-13(16)6-9-19(17)26/h6-10,26H,2-5,11-12H2,1H3,(H2,23,24,25). The molecule has 6 heteroatoms. The van der Waals surface area contributed by atoms with Crippen LogP contribution in [0.1, 0.15) is 35.1 Å². The fraction of sp³-hybridized carbons (Fsp3) is 0.350. The van der Waals surface area contributed by atoms with E-state index in [1.807, 2.05) is 6.07 Å². The van der Waals surface area contributed by atoms with Crippen LogP contribution in [-0.2, 0) is 25.9 Å². The molecule has 26 heavy (non-hydrogen) atoms. The first-order valence-corrected chi connectivity index (χ1v) is 8.79. The van der Waals surface area contributed by atoms with Gasteiger partial charge in [-0.05, 0) is 61.1 Å². The molecule has 0 saturated heterocycles. The highest BCUT2D eigenvalue weighted by atomic mass is 19.1. The van der Waals surface area contributed by atoms with E-state index in [0.29, 0.717) is 12.5 Å². The highest BCUT2D eigenvalue weighted by Gasteiger charge is 2.16. The highest BCUT2D eigenvalue weighted by Crippen LogP contribution is 2.30. The number of guanidine groups is 1. The first-order chi connectivity index (χ1) is 12.6. The maximum atomic E-state index is 13.7. The van der Waals surface area contributed by atoms with E-state index >= 15 is 0 Å². The van der Waals surface area contributed by atoms with Gasteiger partial charge in [-0.2, -0.15) is 0 Å². The molecule has 0 spiro atoms. The average molecular weight is 359 g/mol. The molecule has 0 unspecified atom stereocenters. The molecule has 2 aromatic rings. The first kappa shape index (κ1) is 18.2. The molecule has 2 aromatic carbocycles. The summed E-state index contributed by atoms with van der Waals surface area (Å²) >= 11 is 0. The summed E-state index contributed by atoms with van der Waals surface area (Å²) in [6, 6.07) is 7.09. The SMILES string of the molecule is CN=C(NCc1cc(F)ccc1F)NCc1c(O)ccc2c1CCCC2. The van der Waals surface area contributed by atoms with Crippen LogP contribution in [0, 0.1) is 11.6 Å². The molecule has 1 aliphatic carbocycles. The predicted molar refractivity (Wildman–Crippen MR) is 98.1 cm³/mol. The lowest BCUT2D eigenvalue weighted by Gasteiger charge is -2.21. The van der Waals surface area contributed by atoms with Crippen molar-refractivity contribution in [1.82, 2.24) is 10.6 Å². The summed E-state index contributed by atoms with van der Waals surface area (Å²) in [5, 5.41) is 16.4. The summed E-state index contributed by atoms with van der Waals surface area (Å²) < 4.78 is 27.0. The quantitative estimate of drug-likeness (QED) is 0.579. The lowest BCUT2D eigenvalue weighted by Crippen LogP contribution is -2.36. The van der Waals surface area contributed by atoms with Crippen molar-refractivity contribution >= 4 is 5.96 Å². The Morgan fingerprint density at radius 2 is 1.85 bits per heavy atom. The van der Waals surface area contributed by atoms with Gasteiger partial charge in [-0.15, -0.1) is 0 Å². The van der Waals surface area contributed by atoms with E-state index in [0.717, 1.165) is 43.0 Å². The number of phenols is 1. The Bertz CT molecular complexity index is 821. The third kappa shape index (κ3) is 4.12. The van der Waals surface area contributed by atoms with Gasteiger partial charge >= 0.3 is 0 Å². The van der Waals surface area contributed by atoms with Crippen LogP contribution in [0.2, 0.25) is 0 Å². The Morgan fingerprint density at radius 1 is 1.08 bits per heavy atom. The molecule has 138 valence electrons. The third-order valence-electron chi connectivity index (χ3n) is 4.74. The Morgan fingerprint density at radius 3 is 2.65 bits per heavy atom. The second kappa shape index (κ2) is 8.17. The molecule has 0 aromatic heterocycles. The summed E-state index contributed by atoms with van der Waals surface area (Å²) in [6.07, 6.45) is 4.29. The number of hydrogen-bond donors (Lipinski definition) is 3. The van der Waals surface area contributed by atoms with E-state index in [-0.39, 0.29) is 17.9 Å². The van der Waals surface area contributed by atoms with Gasteiger partial charge in [-0.3, -0.25) is 4.99 Å². The van der Waals surface area contributed by atoms with Crippen LogP contribution in [0.3, 0.4) is 0 Å². The van der Waals surface area contributed by atoms with Gasteiger partial charge in [0.1, 0.15) is 17.4 Å². The molecule has 0 amide bonds. The van der Waals surface area contributed by atoms with Gasteiger partial charge in [0, 0.05) is 31.3 Å². The minimum absolute atomic E-state index is 0.113. The molecule has 4 nitrogen and oxygen atoms in total. The zero-order chi connectivity index (χ0) is 18.5. The molecule has 3 rings (SSSR count). The number of nitrogens with zero attached hydrogens (tertiary/aromatic N) is 1. The largest absolute Gasteiger partial charge is 0.508 e. The van der Waals surface area contributed by atoms with Gasteiger partial charge in [0.15, 0.2) is 5.96 Å². The number of aliphatic imine (C=N–C) groups is 1. The van der Waals surface area contributed by atoms with Crippen molar-refractivity contribution in [2.24, 2.45) is 4.99 Å². The summed E-state index contributed by atoms with van der Waals surface area (Å²) in [5.74, 6) is -0.220. The summed E-state index contributed by atoms with van der Waals surface area (Å²) in [7, 11) is 1.61. The smallest absolute Gasteiger partial charge is 0.191 e. The topological polar surface area (TPSA) is 56.7 Å². The van der Waals surface area contributed by atoms with Crippen LogP contribution in [0.4, 0.5) is 8.78 Å². The summed E-state index contributed by atoms with van der Waals surface area (Å²) in [6.45, 7) is 0.530. The van der Waals surface area contributed by atoms with Crippen LogP contribution < -0.4 is 10.6 Å². The number of hydrogen-bond acceptors (Lipinski definition) is 2. The van der Waals surface area contributed by atoms with Crippen molar-refractivity contribution < 1.29 is 13.9 Å². The molecule has 0 atom stereocenters. The van der Waals surface area contributed by atoms with Gasteiger partial charge in [0.05, 0.1) is 0 Å². The molecule has 1 aliphatic rings. The predicted octanol–water partition coefficient (Wildman–Crippen LogP) is 3.41. The van der Waals surface area contributed by atoms with Crippen molar-refractivity contribution in [2.45, 2.75) is 38.8 Å². The zero-order valence-electron chi connectivity index (χ0n) is 14.8. The molecular formula is C20H23F2N3O. The fourth-order valence-corrected chi connectivity index (χ4v) is 3.34. The first-order valence-electron chi connectivity index (χ1n) is 8.79. The molecule has 0 aliphatic heterocycles. The molecule has 0 heterocycles. The van der Waals surface area contributed by atoms with E-state index in [9.17, 15) is 13.9 Å². The van der Waals surface area contributed by atoms with E-state index in [1.54, 1.807) is 13.1 Å². The van der Waals surface area contributed by atoms with Crippen LogP contribution >= 0.6 is 0 Å². The molecule has 0 fully saturated rings. The lowest BCUT2D eigenvalue weighted by atomic mass is 9.88. The van der Waals surface area contributed by atoms with Crippen molar-refractivity contribution in [3.05, 3.63) is 64.2 Å². The minimum atomic E-state index is -0.480. The fourth-order valence-electron chi connectivity index (χ4n) is 3.34. The summed E-state index contributed by atoms with van der Waals surface area (Å²) in [4.78, 5) is 4.11. The van der Waals surface area contributed by atoms with Crippen molar-refractivity contribution in [3.8, 4) is 5.75 Å². The molecule has 0 saturated carbocycles. The normalized spacial score (nSPS) is 14.0. The monoisotopic (exact) mass is 359 g/mol. The Hall–Kier alpha value is -2.63. The molecular weight excluding hydrogens is 336 g/mol. The van der Waals surface area contributed by atoms with Gasteiger partial charge < -0.3 is 15.7 Å². The Labute approximate surface area is 152 Å². The van der Waals surface area contributed by atoms with E-state index in [4.69, 9.17) is 0 Å². The minimum Gasteiger partial charge on any atom is -0.508 e. The van der Waals surface area contributed by atoms with Crippen molar-refractivity contribution in [2.75, 3.05) is 7.05 Å². The number of benzene rings is 2. The van der Waals surface area contributed by atoms with Crippen LogP contribution in [0.25, 0.3) is 0 Å². The van der Waals surface area contributed by atoms with Crippen molar-refractivity contribution in [1.29, 1.82) is 0 Å². The summed E-state index contributed by atoms with van der Waals surface area (Å²) in [5.41, 5.74) is 3.60. The molecule has 3 N–H and O–H groups in total. The van der Waals surface area contributed by atoms with Gasteiger partial charge in [-0.1, -0.05) is 6.07 Å².